The van der Waals surface area contributed by atoms with Gasteiger partial charge in [0.15, 0.2) is 11.5 Å². The predicted molar refractivity (Wildman–Crippen MR) is 91.9 cm³/mol. The number of hydrogen-bond acceptors (Lipinski definition) is 3. The first-order valence-corrected chi connectivity index (χ1v) is 8.22. The summed E-state index contributed by atoms with van der Waals surface area (Å²) in [4.78, 5) is 12.1. The summed E-state index contributed by atoms with van der Waals surface area (Å²) in [5.41, 5.74) is 0.737. The molecule has 0 fully saturated rings. The van der Waals surface area contributed by atoms with Crippen LogP contribution in [0, 0.1) is 0 Å². The molecule has 6 nitrogen and oxygen atoms in total. The van der Waals surface area contributed by atoms with Gasteiger partial charge in [0.1, 0.15) is 0 Å². The number of benzene rings is 1. The molecule has 2 aromatic heterocycles. The fraction of sp³-hybridized carbons (Fsp3) is 0.133. The molecule has 10 heteroatoms. The Bertz CT molecular complexity index is 911. The van der Waals surface area contributed by atoms with Crippen LogP contribution in [0.5, 0.6) is 0 Å². The Balaban J connectivity index is 1.74. The fourth-order valence-electron chi connectivity index (χ4n) is 2.10. The Morgan fingerprint density at radius 3 is 2.72 bits per heavy atom. The van der Waals surface area contributed by atoms with Crippen LogP contribution in [0.25, 0.3) is 0 Å². The van der Waals surface area contributed by atoms with Gasteiger partial charge in [0.25, 0.3) is 5.91 Å². The summed E-state index contributed by atoms with van der Waals surface area (Å²) in [7, 11) is 0. The van der Waals surface area contributed by atoms with Crippen molar-refractivity contribution >= 4 is 39.3 Å². The van der Waals surface area contributed by atoms with Gasteiger partial charge in [-0.2, -0.15) is 19.0 Å². The number of nitrogens with zero attached hydrogens (tertiary/aromatic N) is 4. The minimum Gasteiger partial charge on any atom is -0.303 e. The van der Waals surface area contributed by atoms with Crippen molar-refractivity contribution in [2.75, 3.05) is 5.32 Å². The molecule has 1 aromatic carbocycles. The van der Waals surface area contributed by atoms with Crippen molar-refractivity contribution < 1.29 is 13.6 Å². The van der Waals surface area contributed by atoms with Gasteiger partial charge in [-0.25, -0.2) is 4.68 Å². The molecule has 0 bridgehead atoms. The van der Waals surface area contributed by atoms with Crippen molar-refractivity contribution in [3.8, 4) is 0 Å². The van der Waals surface area contributed by atoms with Gasteiger partial charge in [-0.05, 0) is 33.6 Å². The summed E-state index contributed by atoms with van der Waals surface area (Å²) in [5.74, 6) is -0.383. The quantitative estimate of drug-likeness (QED) is 0.660. The molecule has 1 amide bonds. The standard InChI is InChI=1S/C15H11BrClF2N5O/c16-10-8-23(7-9-3-1-2-4-11(9)17)22-13(10)20-14(25)12-5-6-24(21-12)15(18)19/h1-6,8,15H,7H2,(H,20,22,25). The zero-order valence-corrected chi connectivity index (χ0v) is 14.9. The Morgan fingerprint density at radius 2 is 2.04 bits per heavy atom. The highest BCUT2D eigenvalue weighted by atomic mass is 79.9. The second-order valence-electron chi connectivity index (χ2n) is 5.03. The second-order valence-corrected chi connectivity index (χ2v) is 6.29. The maximum Gasteiger partial charge on any atom is 0.333 e. The van der Waals surface area contributed by atoms with Crippen LogP contribution in [-0.2, 0) is 6.54 Å². The molecule has 0 saturated heterocycles. The second kappa shape index (κ2) is 7.32. The van der Waals surface area contributed by atoms with Crippen molar-refractivity contribution in [3.63, 3.8) is 0 Å². The summed E-state index contributed by atoms with van der Waals surface area (Å²) in [6.07, 6.45) is 2.71. The molecule has 0 saturated carbocycles. The van der Waals surface area contributed by atoms with Gasteiger partial charge in [0.2, 0.25) is 0 Å². The molecular weight excluding hydrogens is 420 g/mol. The molecular formula is C15H11BrClF2N5O. The lowest BCUT2D eigenvalue weighted by atomic mass is 10.2. The number of carbonyl (C=O) groups is 1. The van der Waals surface area contributed by atoms with Gasteiger partial charge in [0.05, 0.1) is 11.0 Å². The number of aromatic nitrogens is 4. The molecule has 0 unspecified atom stereocenters. The lowest BCUT2D eigenvalue weighted by molar-refractivity contribution is 0.0561. The number of rotatable bonds is 5. The topological polar surface area (TPSA) is 64.7 Å². The van der Waals surface area contributed by atoms with Gasteiger partial charge in [-0.15, -0.1) is 0 Å². The first-order valence-electron chi connectivity index (χ1n) is 7.05. The third-order valence-corrected chi connectivity index (χ3v) is 4.23. The SMILES string of the molecule is O=C(Nc1nn(Cc2ccccc2Cl)cc1Br)c1ccn(C(F)F)n1. The van der Waals surface area contributed by atoms with Crippen molar-refractivity contribution in [1.82, 2.24) is 19.6 Å². The monoisotopic (exact) mass is 429 g/mol. The zero-order valence-electron chi connectivity index (χ0n) is 12.5. The number of anilines is 1. The van der Waals surface area contributed by atoms with Crippen molar-refractivity contribution in [2.24, 2.45) is 0 Å². The van der Waals surface area contributed by atoms with E-state index in [1.54, 1.807) is 16.9 Å². The average molecular weight is 431 g/mol. The summed E-state index contributed by atoms with van der Waals surface area (Å²) in [6, 6.07) is 8.54. The normalized spacial score (nSPS) is 11.1. The third kappa shape index (κ3) is 4.05. The van der Waals surface area contributed by atoms with Gasteiger partial charge in [-0.1, -0.05) is 29.8 Å². The predicted octanol–water partition coefficient (Wildman–Crippen LogP) is 4.19. The summed E-state index contributed by atoms with van der Waals surface area (Å²) >= 11 is 9.42. The molecule has 0 spiro atoms. The summed E-state index contributed by atoms with van der Waals surface area (Å²) in [5, 5.41) is 10.9. The number of nitrogens with one attached hydrogen (secondary N) is 1. The van der Waals surface area contributed by atoms with E-state index < -0.39 is 12.5 Å². The molecule has 0 aliphatic rings. The van der Waals surface area contributed by atoms with E-state index in [0.29, 0.717) is 20.7 Å². The molecule has 25 heavy (non-hydrogen) atoms. The molecule has 3 rings (SSSR count). The number of halogens is 4. The Hall–Kier alpha value is -2.26. The first-order chi connectivity index (χ1) is 11.9. The van der Waals surface area contributed by atoms with E-state index in [9.17, 15) is 13.6 Å². The summed E-state index contributed by atoms with van der Waals surface area (Å²) in [6.45, 7) is -2.39. The van der Waals surface area contributed by atoms with E-state index in [1.807, 2.05) is 18.2 Å². The maximum absolute atomic E-state index is 12.5. The van der Waals surface area contributed by atoms with Gasteiger partial charge >= 0.3 is 6.55 Å². The van der Waals surface area contributed by atoms with E-state index in [4.69, 9.17) is 11.6 Å². The van der Waals surface area contributed by atoms with Crippen molar-refractivity contribution in [3.05, 3.63) is 63.5 Å². The maximum atomic E-state index is 12.5. The molecule has 3 aromatic rings. The van der Waals surface area contributed by atoms with E-state index in [1.165, 1.54) is 6.07 Å². The summed E-state index contributed by atoms with van der Waals surface area (Å²) < 4.78 is 27.6. The molecule has 1 N–H and O–H groups in total. The smallest absolute Gasteiger partial charge is 0.303 e. The number of carbonyl (C=O) groups excluding carboxylic acids is 1. The van der Waals surface area contributed by atoms with E-state index in [0.717, 1.165) is 11.8 Å². The molecule has 0 aliphatic heterocycles. The Labute approximate surface area is 154 Å². The lowest BCUT2D eigenvalue weighted by Crippen LogP contribution is -2.14. The van der Waals surface area contributed by atoms with Gasteiger partial charge in [-0.3, -0.25) is 9.48 Å². The average Bonchev–Trinajstić information content (AvgIpc) is 3.17. The van der Waals surface area contributed by atoms with Crippen LogP contribution < -0.4 is 5.32 Å². The number of alkyl halides is 2. The highest BCUT2D eigenvalue weighted by molar-refractivity contribution is 9.10. The van der Waals surface area contributed by atoms with Crippen LogP contribution in [0.15, 0.2) is 47.2 Å². The first kappa shape index (κ1) is 17.6. The Morgan fingerprint density at radius 1 is 1.28 bits per heavy atom. The Kier molecular flexibility index (Phi) is 5.14. The molecule has 0 atom stereocenters. The molecule has 0 aliphatic carbocycles. The van der Waals surface area contributed by atoms with Crippen molar-refractivity contribution in [2.45, 2.75) is 13.1 Å². The largest absolute Gasteiger partial charge is 0.333 e. The zero-order chi connectivity index (χ0) is 18.0. The molecule has 2 heterocycles. The minimum absolute atomic E-state index is 0.132. The van der Waals surface area contributed by atoms with Crippen LogP contribution in [0.1, 0.15) is 22.6 Å². The van der Waals surface area contributed by atoms with Crippen LogP contribution in [0.3, 0.4) is 0 Å². The number of hydrogen-bond donors (Lipinski definition) is 1. The van der Waals surface area contributed by atoms with Crippen LogP contribution in [-0.4, -0.2) is 25.5 Å². The van der Waals surface area contributed by atoms with Gasteiger partial charge in [0, 0.05) is 17.4 Å². The van der Waals surface area contributed by atoms with E-state index >= 15 is 0 Å². The van der Waals surface area contributed by atoms with E-state index in [-0.39, 0.29) is 11.5 Å². The highest BCUT2D eigenvalue weighted by Crippen LogP contribution is 2.23. The fourth-order valence-corrected chi connectivity index (χ4v) is 2.71. The lowest BCUT2D eigenvalue weighted by Gasteiger charge is -2.04. The van der Waals surface area contributed by atoms with Crippen LogP contribution in [0.2, 0.25) is 5.02 Å². The van der Waals surface area contributed by atoms with Crippen LogP contribution >= 0.6 is 27.5 Å². The minimum atomic E-state index is -2.80. The molecule has 130 valence electrons. The van der Waals surface area contributed by atoms with Crippen LogP contribution in [0.4, 0.5) is 14.6 Å². The highest BCUT2D eigenvalue weighted by Gasteiger charge is 2.16. The molecule has 0 radical (unpaired) electrons. The van der Waals surface area contributed by atoms with Crippen molar-refractivity contribution in [1.29, 1.82) is 0 Å². The van der Waals surface area contributed by atoms with Gasteiger partial charge < -0.3 is 5.32 Å². The third-order valence-electron chi connectivity index (χ3n) is 3.28. The van der Waals surface area contributed by atoms with E-state index in [2.05, 4.69) is 31.4 Å². The number of amides is 1.